The molecule has 9 rings (SSSR count). The maximum atomic E-state index is 6.25. The summed E-state index contributed by atoms with van der Waals surface area (Å²) in [5.41, 5.74) is 12.1. The summed E-state index contributed by atoms with van der Waals surface area (Å²) in [7, 11) is 0. The normalized spacial score (nSPS) is 13.8. The van der Waals surface area contributed by atoms with Crippen molar-refractivity contribution in [3.05, 3.63) is 126 Å². The van der Waals surface area contributed by atoms with Gasteiger partial charge in [-0.15, -0.1) is 0 Å². The van der Waals surface area contributed by atoms with Gasteiger partial charge in [-0.25, -0.2) is 9.97 Å². The summed E-state index contributed by atoms with van der Waals surface area (Å²) in [4.78, 5) is 10.4. The lowest BCUT2D eigenvalue weighted by Crippen LogP contribution is -2.06. The van der Waals surface area contributed by atoms with Crippen LogP contribution < -0.4 is 4.74 Å². The van der Waals surface area contributed by atoms with Gasteiger partial charge >= 0.3 is 0 Å². The summed E-state index contributed by atoms with van der Waals surface area (Å²) < 4.78 is 8.48. The highest BCUT2D eigenvalue weighted by atomic mass is 16.5. The molecule has 0 amide bonds. The predicted molar refractivity (Wildman–Crippen MR) is 168 cm³/mol. The Bertz CT molecular complexity index is 2320. The van der Waals surface area contributed by atoms with Crippen LogP contribution in [0.15, 0.2) is 110 Å². The Hall–Kier alpha value is -5.48. The molecule has 0 atom stereocenters. The molecule has 0 unspecified atom stereocenters. The number of ether oxygens (including phenoxy) is 1. The van der Waals surface area contributed by atoms with Crippen LogP contribution in [-0.2, 0) is 0 Å². The Morgan fingerprint density at radius 1 is 0.659 bits per heavy atom. The molecule has 5 aromatic carbocycles. The zero-order valence-electron chi connectivity index (χ0n) is 22.3. The van der Waals surface area contributed by atoms with E-state index in [0.717, 1.165) is 50.3 Å². The quantitative estimate of drug-likeness (QED) is 0.226. The lowest BCUT2D eigenvalue weighted by atomic mass is 9.88. The van der Waals surface area contributed by atoms with Crippen LogP contribution in [0.2, 0.25) is 0 Å². The van der Waals surface area contributed by atoms with Crippen LogP contribution in [0.4, 0.5) is 0 Å². The van der Waals surface area contributed by atoms with Gasteiger partial charge in [0.1, 0.15) is 11.5 Å². The van der Waals surface area contributed by atoms with Crippen LogP contribution >= 0.6 is 0 Å². The van der Waals surface area contributed by atoms with Crippen LogP contribution in [-0.4, -0.2) is 14.5 Å². The van der Waals surface area contributed by atoms with Crippen molar-refractivity contribution in [3.8, 4) is 39.8 Å². The minimum atomic E-state index is 0.651. The Morgan fingerprint density at radius 2 is 1.34 bits per heavy atom. The topological polar surface area (TPSA) is 39.9 Å². The van der Waals surface area contributed by atoms with Gasteiger partial charge < -0.3 is 4.74 Å². The minimum absolute atomic E-state index is 0.651. The van der Waals surface area contributed by atoms with Crippen molar-refractivity contribution >= 4 is 44.4 Å². The minimum Gasteiger partial charge on any atom is -0.456 e. The molecule has 0 spiro atoms. The molecule has 0 bridgehead atoms. The second-order valence-corrected chi connectivity index (χ2v) is 10.5. The second kappa shape index (κ2) is 8.03. The molecule has 0 saturated carbocycles. The lowest BCUT2D eigenvalue weighted by molar-refractivity contribution is 0.486. The maximum Gasteiger partial charge on any atom is 0.235 e. The van der Waals surface area contributed by atoms with Gasteiger partial charge in [-0.2, -0.15) is 0 Å². The third kappa shape index (κ3) is 2.83. The van der Waals surface area contributed by atoms with E-state index in [9.17, 15) is 0 Å². The predicted octanol–water partition coefficient (Wildman–Crippen LogP) is 9.57. The van der Waals surface area contributed by atoms with Gasteiger partial charge in [-0.05, 0) is 76.7 Å². The monoisotopic (exact) mass is 525 g/mol. The highest BCUT2D eigenvalue weighted by Gasteiger charge is 2.28. The first-order chi connectivity index (χ1) is 20.3. The zero-order valence-corrected chi connectivity index (χ0v) is 22.3. The van der Waals surface area contributed by atoms with E-state index < -0.39 is 0 Å². The molecule has 0 N–H and O–H groups in total. The van der Waals surface area contributed by atoms with E-state index >= 15 is 0 Å². The zero-order chi connectivity index (χ0) is 27.2. The number of hydrogen-bond donors (Lipinski definition) is 0. The van der Waals surface area contributed by atoms with E-state index in [0.29, 0.717) is 5.95 Å². The summed E-state index contributed by atoms with van der Waals surface area (Å²) in [5, 5.41) is 3.37. The Labute approximate surface area is 236 Å². The van der Waals surface area contributed by atoms with Gasteiger partial charge in [0.2, 0.25) is 5.95 Å². The van der Waals surface area contributed by atoms with Crippen molar-refractivity contribution in [1.82, 2.24) is 14.5 Å². The number of para-hydroxylation sites is 1. The molecular weight excluding hydrogens is 502 g/mol. The molecule has 1 aliphatic carbocycles. The van der Waals surface area contributed by atoms with Gasteiger partial charge in [-0.3, -0.25) is 4.57 Å². The van der Waals surface area contributed by atoms with Gasteiger partial charge in [0, 0.05) is 16.3 Å². The molecule has 2 aromatic heterocycles. The smallest absolute Gasteiger partial charge is 0.235 e. The van der Waals surface area contributed by atoms with E-state index in [1.807, 2.05) is 42.5 Å². The first kappa shape index (κ1) is 22.3. The average Bonchev–Trinajstić information content (AvgIpc) is 3.30. The van der Waals surface area contributed by atoms with E-state index in [4.69, 9.17) is 14.7 Å². The Morgan fingerprint density at radius 3 is 2.17 bits per heavy atom. The van der Waals surface area contributed by atoms with Crippen molar-refractivity contribution in [3.63, 3.8) is 0 Å². The lowest BCUT2D eigenvalue weighted by Gasteiger charge is -2.21. The molecule has 4 heteroatoms. The molecule has 7 aromatic rings. The SMILES string of the molecule is C=Cc1cccc2c1/C(=C\C)c1cccc3c1c1c-2cccc1n3-c1nc2c3c(cccc3n1)Oc1ccccc1-2. The van der Waals surface area contributed by atoms with Crippen molar-refractivity contribution < 1.29 is 4.74 Å². The first-order valence-corrected chi connectivity index (χ1v) is 13.8. The van der Waals surface area contributed by atoms with Crippen LogP contribution in [0.25, 0.3) is 72.7 Å². The van der Waals surface area contributed by atoms with E-state index in [1.165, 1.54) is 38.6 Å². The fourth-order valence-electron chi connectivity index (χ4n) is 6.86. The standard InChI is InChI=1S/C37H23N3O/c1-3-21-11-7-13-24-25-15-9-18-29-34(25)33-23(22(4-2)32(21)24)14-8-17-28(33)40(29)37-38-27-16-10-20-31-35(27)36(39-37)26-12-5-6-19-30(26)41-31/h3-20H,1H2,2H3/b22-4-. The highest BCUT2D eigenvalue weighted by Crippen LogP contribution is 2.49. The highest BCUT2D eigenvalue weighted by molar-refractivity contribution is 6.23. The molecule has 192 valence electrons. The summed E-state index contributed by atoms with van der Waals surface area (Å²) in [5.74, 6) is 2.25. The molecule has 2 aliphatic rings. The van der Waals surface area contributed by atoms with Gasteiger partial charge in [-0.1, -0.05) is 79.4 Å². The third-order valence-electron chi connectivity index (χ3n) is 8.51. The van der Waals surface area contributed by atoms with Crippen LogP contribution in [0.5, 0.6) is 11.5 Å². The first-order valence-electron chi connectivity index (χ1n) is 13.8. The summed E-state index contributed by atoms with van der Waals surface area (Å²) in [6.07, 6.45) is 4.19. The number of benzene rings is 5. The van der Waals surface area contributed by atoms with Gasteiger partial charge in [0.05, 0.1) is 27.6 Å². The summed E-state index contributed by atoms with van der Waals surface area (Å²) >= 11 is 0. The van der Waals surface area contributed by atoms with Crippen molar-refractivity contribution in [2.45, 2.75) is 6.92 Å². The number of allylic oxidation sites excluding steroid dienone is 1. The Balaban J connectivity index is 1.45. The third-order valence-corrected chi connectivity index (χ3v) is 8.51. The molecule has 41 heavy (non-hydrogen) atoms. The number of aromatic nitrogens is 3. The van der Waals surface area contributed by atoms with Crippen molar-refractivity contribution in [2.24, 2.45) is 0 Å². The molecule has 1 aliphatic heterocycles. The van der Waals surface area contributed by atoms with Crippen molar-refractivity contribution in [1.29, 1.82) is 0 Å². The molecule has 4 nitrogen and oxygen atoms in total. The molecule has 0 fully saturated rings. The Kier molecular flexibility index (Phi) is 4.37. The molecule has 0 saturated heterocycles. The van der Waals surface area contributed by atoms with E-state index in [2.05, 4.69) is 84.8 Å². The van der Waals surface area contributed by atoms with Gasteiger partial charge in [0.15, 0.2) is 0 Å². The van der Waals surface area contributed by atoms with Crippen LogP contribution in [0.1, 0.15) is 23.6 Å². The fourth-order valence-corrected chi connectivity index (χ4v) is 6.86. The fraction of sp³-hybridized carbons (Fsp3) is 0.0270. The van der Waals surface area contributed by atoms with Gasteiger partial charge in [0.25, 0.3) is 0 Å². The van der Waals surface area contributed by atoms with E-state index in [1.54, 1.807) is 0 Å². The average molecular weight is 526 g/mol. The van der Waals surface area contributed by atoms with E-state index in [-0.39, 0.29) is 0 Å². The molecule has 0 radical (unpaired) electrons. The number of hydrogen-bond acceptors (Lipinski definition) is 3. The number of rotatable bonds is 2. The van der Waals surface area contributed by atoms with Crippen LogP contribution in [0, 0.1) is 0 Å². The summed E-state index contributed by atoms with van der Waals surface area (Å²) in [6.45, 7) is 6.26. The maximum absolute atomic E-state index is 6.25. The largest absolute Gasteiger partial charge is 0.456 e. The molecular formula is C37H23N3O. The van der Waals surface area contributed by atoms with Crippen molar-refractivity contribution in [2.75, 3.05) is 0 Å². The summed E-state index contributed by atoms with van der Waals surface area (Å²) in [6, 6.07) is 33.8. The molecule has 3 heterocycles. The second-order valence-electron chi connectivity index (χ2n) is 10.5. The number of nitrogens with zero attached hydrogens (tertiary/aromatic N) is 3. The number of fused-ring (bicyclic) bond motifs is 4. The van der Waals surface area contributed by atoms with Crippen LogP contribution in [0.3, 0.4) is 0 Å².